The Morgan fingerprint density at radius 1 is 1.33 bits per heavy atom. The highest BCUT2D eigenvalue weighted by atomic mass is 32.2. The molecule has 1 unspecified atom stereocenters. The van der Waals surface area contributed by atoms with Crippen LogP contribution in [0.15, 0.2) is 23.1 Å². The summed E-state index contributed by atoms with van der Waals surface area (Å²) >= 11 is 0. The molecule has 3 N–H and O–H groups in total. The van der Waals surface area contributed by atoms with Crippen molar-refractivity contribution >= 4 is 31.2 Å². The predicted molar refractivity (Wildman–Crippen MR) is 77.0 cm³/mol. The molecule has 0 saturated heterocycles. The van der Waals surface area contributed by atoms with Crippen LogP contribution in [0.2, 0.25) is 0 Å². The minimum atomic E-state index is -4.01. The minimum absolute atomic E-state index is 0.272. The summed E-state index contributed by atoms with van der Waals surface area (Å²) < 4.78 is 48.4. The Hall–Kier alpha value is -1.72. The second-order valence-electron chi connectivity index (χ2n) is 4.59. The van der Waals surface area contributed by atoms with Crippen molar-refractivity contribution in [3.05, 3.63) is 28.3 Å². The highest BCUT2D eigenvalue weighted by Gasteiger charge is 2.22. The van der Waals surface area contributed by atoms with E-state index in [1.54, 1.807) is 0 Å². The summed E-state index contributed by atoms with van der Waals surface area (Å²) in [6.07, 6.45) is 0.988. The van der Waals surface area contributed by atoms with Gasteiger partial charge in [0.25, 0.3) is 5.69 Å². The van der Waals surface area contributed by atoms with Crippen molar-refractivity contribution in [3.8, 4) is 0 Å². The van der Waals surface area contributed by atoms with Crippen molar-refractivity contribution < 1.29 is 21.8 Å². The molecule has 0 aliphatic rings. The summed E-state index contributed by atoms with van der Waals surface area (Å²) in [6, 6.07) is 2.12. The molecular weight excluding hydrogens is 322 g/mol. The summed E-state index contributed by atoms with van der Waals surface area (Å²) in [4.78, 5) is 9.61. The molecule has 0 heterocycles. The van der Waals surface area contributed by atoms with E-state index in [0.717, 1.165) is 24.5 Å². The molecular formula is C10H15N3O6S2. The van der Waals surface area contributed by atoms with Crippen LogP contribution in [-0.2, 0) is 19.9 Å². The lowest BCUT2D eigenvalue weighted by Crippen LogP contribution is -2.37. The number of sulfone groups is 1. The van der Waals surface area contributed by atoms with E-state index in [-0.39, 0.29) is 16.3 Å². The first kappa shape index (κ1) is 17.3. The van der Waals surface area contributed by atoms with Crippen LogP contribution in [0.5, 0.6) is 0 Å². The zero-order valence-electron chi connectivity index (χ0n) is 11.3. The molecule has 0 aromatic heterocycles. The Balaban J connectivity index is 3.04. The van der Waals surface area contributed by atoms with Gasteiger partial charge in [0.1, 0.15) is 15.5 Å². The lowest BCUT2D eigenvalue weighted by molar-refractivity contribution is -0.383. The zero-order valence-corrected chi connectivity index (χ0v) is 12.9. The first-order chi connectivity index (χ1) is 9.42. The van der Waals surface area contributed by atoms with E-state index < -0.39 is 36.5 Å². The number of benzene rings is 1. The lowest BCUT2D eigenvalue weighted by atomic mass is 10.3. The molecule has 0 amide bonds. The van der Waals surface area contributed by atoms with Gasteiger partial charge in [0.15, 0.2) is 0 Å². The van der Waals surface area contributed by atoms with Gasteiger partial charge in [0, 0.05) is 18.4 Å². The molecule has 1 aromatic carbocycles. The van der Waals surface area contributed by atoms with E-state index in [9.17, 15) is 26.9 Å². The molecule has 11 heteroatoms. The van der Waals surface area contributed by atoms with Gasteiger partial charge in [-0.1, -0.05) is 0 Å². The predicted octanol–water partition coefficient (Wildman–Crippen LogP) is -0.112. The largest absolute Gasteiger partial charge is 0.393 e. The van der Waals surface area contributed by atoms with Gasteiger partial charge in [-0.25, -0.2) is 21.6 Å². The Kier molecular flexibility index (Phi) is 4.91. The van der Waals surface area contributed by atoms with Crippen molar-refractivity contribution in [2.45, 2.75) is 17.9 Å². The maximum Gasteiger partial charge on any atom is 0.292 e. The number of rotatable bonds is 6. The normalized spacial score (nSPS) is 13.8. The van der Waals surface area contributed by atoms with Crippen molar-refractivity contribution in [1.29, 1.82) is 0 Å². The number of nitrogens with zero attached hydrogens (tertiary/aromatic N) is 1. The van der Waals surface area contributed by atoms with Gasteiger partial charge in [-0.15, -0.1) is 0 Å². The van der Waals surface area contributed by atoms with Crippen molar-refractivity contribution in [2.75, 3.05) is 17.7 Å². The van der Waals surface area contributed by atoms with Crippen molar-refractivity contribution in [3.63, 3.8) is 0 Å². The Labute approximate surface area is 122 Å². The smallest absolute Gasteiger partial charge is 0.292 e. The molecule has 1 aromatic rings. The third kappa shape index (κ3) is 4.95. The number of sulfonamides is 1. The van der Waals surface area contributed by atoms with Gasteiger partial charge in [0.05, 0.1) is 15.6 Å². The Bertz CT molecular complexity index is 757. The Morgan fingerprint density at radius 3 is 2.33 bits per heavy atom. The highest BCUT2D eigenvalue weighted by Crippen LogP contribution is 2.24. The van der Waals surface area contributed by atoms with Gasteiger partial charge in [-0.2, -0.15) is 0 Å². The highest BCUT2D eigenvalue weighted by molar-refractivity contribution is 7.91. The summed E-state index contributed by atoms with van der Waals surface area (Å²) in [5.41, 5.74) is 4.72. The molecule has 118 valence electrons. The second-order valence-corrected chi connectivity index (χ2v) is 8.49. The number of nitro benzene ring substituents is 1. The van der Waals surface area contributed by atoms with Crippen LogP contribution in [0.1, 0.15) is 6.92 Å². The average molecular weight is 337 g/mol. The average Bonchev–Trinajstić information content (AvgIpc) is 2.24. The van der Waals surface area contributed by atoms with Crippen molar-refractivity contribution in [1.82, 2.24) is 4.72 Å². The van der Waals surface area contributed by atoms with E-state index in [1.807, 2.05) is 0 Å². The number of nitrogens with two attached hydrogens (primary N) is 1. The Morgan fingerprint density at radius 2 is 1.90 bits per heavy atom. The third-order valence-electron chi connectivity index (χ3n) is 2.42. The standard InChI is InChI=1S/C10H15N3O6S2/c1-7(6-20(2,16)17)12-21(18,19)8-3-4-10(13(14)15)9(11)5-8/h3-5,7,12H,6,11H2,1-2H3. The van der Waals surface area contributed by atoms with Crippen LogP contribution < -0.4 is 10.5 Å². The molecule has 9 nitrogen and oxygen atoms in total. The van der Waals surface area contributed by atoms with Gasteiger partial charge < -0.3 is 5.73 Å². The van der Waals surface area contributed by atoms with Gasteiger partial charge >= 0.3 is 0 Å². The molecule has 0 saturated carbocycles. The lowest BCUT2D eigenvalue weighted by Gasteiger charge is -2.13. The van der Waals surface area contributed by atoms with E-state index in [2.05, 4.69) is 4.72 Å². The molecule has 0 spiro atoms. The van der Waals surface area contributed by atoms with Gasteiger partial charge in [-0.3, -0.25) is 10.1 Å². The third-order valence-corrected chi connectivity index (χ3v) is 5.11. The summed E-state index contributed by atoms with van der Waals surface area (Å²) in [7, 11) is -7.36. The van der Waals surface area contributed by atoms with E-state index >= 15 is 0 Å². The number of nitrogens with one attached hydrogen (secondary N) is 1. The summed E-state index contributed by atoms with van der Waals surface area (Å²) in [6.45, 7) is 1.40. The summed E-state index contributed by atoms with van der Waals surface area (Å²) in [5, 5.41) is 10.6. The first-order valence-electron chi connectivity index (χ1n) is 5.66. The molecule has 1 rings (SSSR count). The fourth-order valence-corrected chi connectivity index (χ4v) is 4.06. The SMILES string of the molecule is CC(CS(C)(=O)=O)NS(=O)(=O)c1ccc([N+](=O)[O-])c(N)c1. The molecule has 0 radical (unpaired) electrons. The van der Waals surface area contributed by atoms with Crippen LogP contribution in [0.25, 0.3) is 0 Å². The molecule has 0 aliphatic heterocycles. The minimum Gasteiger partial charge on any atom is -0.393 e. The van der Waals surface area contributed by atoms with Gasteiger partial charge in [0.2, 0.25) is 10.0 Å². The first-order valence-corrected chi connectivity index (χ1v) is 9.21. The topological polar surface area (TPSA) is 149 Å². The zero-order chi connectivity index (χ0) is 16.4. The monoisotopic (exact) mass is 337 g/mol. The summed E-state index contributed by atoms with van der Waals surface area (Å²) in [5.74, 6) is -0.366. The van der Waals surface area contributed by atoms with Gasteiger partial charge in [-0.05, 0) is 19.1 Å². The molecule has 0 bridgehead atoms. The van der Waals surface area contributed by atoms with Crippen molar-refractivity contribution in [2.24, 2.45) is 0 Å². The second kappa shape index (κ2) is 5.95. The molecule has 1 atom stereocenters. The maximum atomic E-state index is 12.0. The van der Waals surface area contributed by atoms with E-state index in [4.69, 9.17) is 5.73 Å². The maximum absolute atomic E-state index is 12.0. The molecule has 0 aliphatic carbocycles. The van der Waals surface area contributed by atoms with E-state index in [0.29, 0.717) is 0 Å². The van der Waals surface area contributed by atoms with Crippen LogP contribution in [-0.4, -0.2) is 39.8 Å². The van der Waals surface area contributed by atoms with Crippen LogP contribution >= 0.6 is 0 Å². The van der Waals surface area contributed by atoms with E-state index in [1.165, 1.54) is 6.92 Å². The number of nitrogen functional groups attached to an aromatic ring is 1. The van der Waals surface area contributed by atoms with Crippen LogP contribution in [0.4, 0.5) is 11.4 Å². The fraction of sp³-hybridized carbons (Fsp3) is 0.400. The van der Waals surface area contributed by atoms with Crippen LogP contribution in [0, 0.1) is 10.1 Å². The molecule has 21 heavy (non-hydrogen) atoms. The fourth-order valence-electron chi connectivity index (χ4n) is 1.69. The number of anilines is 1. The quantitative estimate of drug-likeness (QED) is 0.417. The molecule has 0 fully saturated rings. The number of hydrogen-bond acceptors (Lipinski definition) is 7. The number of nitro groups is 1. The number of hydrogen-bond donors (Lipinski definition) is 2. The van der Waals surface area contributed by atoms with Crippen LogP contribution in [0.3, 0.4) is 0 Å².